The number of halogens is 1. The Hall–Kier alpha value is -2.51. The first-order chi connectivity index (χ1) is 13.6. The minimum atomic E-state index is -0.0868. The molecular formula is C20H21ClN4O2S. The van der Waals surface area contributed by atoms with Gasteiger partial charge in [-0.15, -0.1) is 10.2 Å². The number of rotatable bonds is 8. The zero-order valence-electron chi connectivity index (χ0n) is 15.7. The number of nitrogens with zero attached hydrogens (tertiary/aromatic N) is 3. The van der Waals surface area contributed by atoms with E-state index in [9.17, 15) is 4.79 Å². The van der Waals surface area contributed by atoms with Crippen molar-refractivity contribution in [3.63, 3.8) is 0 Å². The fourth-order valence-corrected chi connectivity index (χ4v) is 3.49. The molecule has 1 aromatic heterocycles. The van der Waals surface area contributed by atoms with Gasteiger partial charge in [-0.05, 0) is 49.7 Å². The van der Waals surface area contributed by atoms with Gasteiger partial charge in [0, 0.05) is 17.3 Å². The molecule has 1 heterocycles. The average Bonchev–Trinajstić information content (AvgIpc) is 3.10. The van der Waals surface area contributed by atoms with Crippen LogP contribution in [0.5, 0.6) is 5.75 Å². The van der Waals surface area contributed by atoms with Crippen LogP contribution in [0.15, 0.2) is 53.7 Å². The van der Waals surface area contributed by atoms with Gasteiger partial charge in [-0.3, -0.25) is 4.79 Å². The van der Waals surface area contributed by atoms with Gasteiger partial charge in [0.15, 0.2) is 11.0 Å². The molecule has 0 spiro atoms. The Morgan fingerprint density at radius 2 is 2.00 bits per heavy atom. The van der Waals surface area contributed by atoms with Crippen molar-refractivity contribution in [3.05, 3.63) is 64.9 Å². The van der Waals surface area contributed by atoms with Crippen molar-refractivity contribution in [2.75, 3.05) is 11.1 Å². The number of nitrogens with one attached hydrogen (secondary N) is 1. The standard InChI is InChI=1S/C20H21ClN4O2S/c1-3-25-18(12-27-16-9-10-17(21)14(2)11-16)23-24-20(25)28-13-19(26)22-15-7-5-4-6-8-15/h4-11H,3,12-13H2,1-2H3,(H,22,26). The van der Waals surface area contributed by atoms with Crippen molar-refractivity contribution in [1.29, 1.82) is 0 Å². The van der Waals surface area contributed by atoms with Crippen molar-refractivity contribution < 1.29 is 9.53 Å². The molecule has 0 bridgehead atoms. The van der Waals surface area contributed by atoms with E-state index in [1.807, 2.05) is 66.9 Å². The minimum absolute atomic E-state index is 0.0868. The first-order valence-corrected chi connectivity index (χ1v) is 10.2. The van der Waals surface area contributed by atoms with Gasteiger partial charge in [0.2, 0.25) is 5.91 Å². The van der Waals surface area contributed by atoms with Crippen molar-refractivity contribution in [2.24, 2.45) is 0 Å². The highest BCUT2D eigenvalue weighted by Crippen LogP contribution is 2.23. The molecule has 0 saturated heterocycles. The molecule has 28 heavy (non-hydrogen) atoms. The Morgan fingerprint density at radius 1 is 1.21 bits per heavy atom. The van der Waals surface area contributed by atoms with Crippen LogP contribution in [0.25, 0.3) is 0 Å². The number of aromatic nitrogens is 3. The second-order valence-corrected chi connectivity index (χ2v) is 7.40. The van der Waals surface area contributed by atoms with Crippen LogP contribution >= 0.6 is 23.4 Å². The number of benzene rings is 2. The lowest BCUT2D eigenvalue weighted by Gasteiger charge is -2.10. The quantitative estimate of drug-likeness (QED) is 0.545. The maximum atomic E-state index is 12.1. The van der Waals surface area contributed by atoms with Crippen LogP contribution in [0.4, 0.5) is 5.69 Å². The lowest BCUT2D eigenvalue weighted by molar-refractivity contribution is -0.113. The Bertz CT molecular complexity index is 947. The number of para-hydroxylation sites is 1. The van der Waals surface area contributed by atoms with Crippen LogP contribution in [0, 0.1) is 6.92 Å². The third-order valence-corrected chi connectivity index (χ3v) is 5.39. The van der Waals surface area contributed by atoms with Gasteiger partial charge in [0.25, 0.3) is 0 Å². The van der Waals surface area contributed by atoms with Crippen molar-refractivity contribution in [2.45, 2.75) is 32.2 Å². The van der Waals surface area contributed by atoms with E-state index in [1.54, 1.807) is 0 Å². The Morgan fingerprint density at radius 3 is 2.71 bits per heavy atom. The van der Waals surface area contributed by atoms with Crippen LogP contribution in [0.3, 0.4) is 0 Å². The summed E-state index contributed by atoms with van der Waals surface area (Å²) in [4.78, 5) is 12.1. The lowest BCUT2D eigenvalue weighted by Crippen LogP contribution is -2.14. The number of hydrogen-bond donors (Lipinski definition) is 1. The van der Waals surface area contributed by atoms with Gasteiger partial charge in [-0.25, -0.2) is 0 Å². The molecule has 0 aliphatic rings. The molecule has 1 N–H and O–H groups in total. The summed E-state index contributed by atoms with van der Waals surface area (Å²) in [6.07, 6.45) is 0. The third-order valence-electron chi connectivity index (χ3n) is 4.00. The molecule has 0 saturated carbocycles. The monoisotopic (exact) mass is 416 g/mol. The van der Waals surface area contributed by atoms with Gasteiger partial charge >= 0.3 is 0 Å². The molecule has 6 nitrogen and oxygen atoms in total. The molecule has 0 fully saturated rings. The van der Waals surface area contributed by atoms with Gasteiger partial charge in [0.05, 0.1) is 5.75 Å². The maximum absolute atomic E-state index is 12.1. The highest BCUT2D eigenvalue weighted by molar-refractivity contribution is 7.99. The van der Waals surface area contributed by atoms with Crippen LogP contribution in [-0.2, 0) is 17.9 Å². The molecule has 0 aliphatic heterocycles. The normalized spacial score (nSPS) is 10.7. The van der Waals surface area contributed by atoms with Crippen LogP contribution in [-0.4, -0.2) is 26.4 Å². The van der Waals surface area contributed by atoms with Crippen LogP contribution in [0.2, 0.25) is 5.02 Å². The number of amides is 1. The fourth-order valence-electron chi connectivity index (χ4n) is 2.55. The Kier molecular flexibility index (Phi) is 6.95. The molecule has 0 radical (unpaired) electrons. The number of aryl methyl sites for hydroxylation is 1. The van der Waals surface area contributed by atoms with Gasteiger partial charge in [-0.1, -0.05) is 41.6 Å². The van der Waals surface area contributed by atoms with E-state index in [0.717, 1.165) is 17.0 Å². The highest BCUT2D eigenvalue weighted by atomic mass is 35.5. The van der Waals surface area contributed by atoms with E-state index in [4.69, 9.17) is 16.3 Å². The summed E-state index contributed by atoms with van der Waals surface area (Å²) in [6.45, 7) is 4.92. The van der Waals surface area contributed by atoms with Crippen molar-refractivity contribution in [1.82, 2.24) is 14.8 Å². The summed E-state index contributed by atoms with van der Waals surface area (Å²) in [6, 6.07) is 14.9. The smallest absolute Gasteiger partial charge is 0.234 e. The van der Waals surface area contributed by atoms with Crippen LogP contribution in [0.1, 0.15) is 18.3 Å². The zero-order chi connectivity index (χ0) is 19.9. The summed E-state index contributed by atoms with van der Waals surface area (Å²) in [7, 11) is 0. The average molecular weight is 417 g/mol. The summed E-state index contributed by atoms with van der Waals surface area (Å²) in [5.41, 5.74) is 1.73. The lowest BCUT2D eigenvalue weighted by atomic mass is 10.2. The van der Waals surface area contributed by atoms with Crippen molar-refractivity contribution >= 4 is 35.0 Å². The predicted molar refractivity (Wildman–Crippen MR) is 112 cm³/mol. The van der Waals surface area contributed by atoms with E-state index < -0.39 is 0 Å². The van der Waals surface area contributed by atoms with Gasteiger partial charge < -0.3 is 14.6 Å². The predicted octanol–water partition coefficient (Wildman–Crippen LogP) is 4.57. The number of carbonyl (C=O) groups is 1. The molecule has 3 rings (SSSR count). The first-order valence-electron chi connectivity index (χ1n) is 8.85. The number of anilines is 1. The number of thioether (sulfide) groups is 1. The second kappa shape index (κ2) is 9.61. The maximum Gasteiger partial charge on any atom is 0.234 e. The number of ether oxygens (including phenoxy) is 1. The molecule has 0 aliphatic carbocycles. The highest BCUT2D eigenvalue weighted by Gasteiger charge is 2.14. The van der Waals surface area contributed by atoms with E-state index in [0.29, 0.717) is 29.2 Å². The third kappa shape index (κ3) is 5.27. The molecule has 1 amide bonds. The minimum Gasteiger partial charge on any atom is -0.486 e. The summed E-state index contributed by atoms with van der Waals surface area (Å²) in [5, 5.41) is 12.7. The summed E-state index contributed by atoms with van der Waals surface area (Å²) >= 11 is 7.39. The van der Waals surface area contributed by atoms with E-state index in [-0.39, 0.29) is 11.7 Å². The summed E-state index contributed by atoms with van der Waals surface area (Å²) < 4.78 is 7.77. The topological polar surface area (TPSA) is 69.0 Å². The molecule has 0 atom stereocenters. The molecule has 0 unspecified atom stereocenters. The number of carbonyl (C=O) groups excluding carboxylic acids is 1. The molecular weight excluding hydrogens is 396 g/mol. The van der Waals surface area contributed by atoms with E-state index in [2.05, 4.69) is 15.5 Å². The van der Waals surface area contributed by atoms with Crippen molar-refractivity contribution in [3.8, 4) is 5.75 Å². The molecule has 3 aromatic rings. The molecule has 2 aromatic carbocycles. The van der Waals surface area contributed by atoms with Gasteiger partial charge in [-0.2, -0.15) is 0 Å². The van der Waals surface area contributed by atoms with Gasteiger partial charge in [0.1, 0.15) is 12.4 Å². The second-order valence-electron chi connectivity index (χ2n) is 6.05. The largest absolute Gasteiger partial charge is 0.486 e. The SMILES string of the molecule is CCn1c(COc2ccc(Cl)c(C)c2)nnc1SCC(=O)Nc1ccccc1. The van der Waals surface area contributed by atoms with E-state index >= 15 is 0 Å². The Labute approximate surface area is 173 Å². The van der Waals surface area contributed by atoms with Crippen LogP contribution < -0.4 is 10.1 Å². The zero-order valence-corrected chi connectivity index (χ0v) is 17.3. The Balaban J connectivity index is 1.58. The molecule has 8 heteroatoms. The van der Waals surface area contributed by atoms with E-state index in [1.165, 1.54) is 11.8 Å². The summed E-state index contributed by atoms with van der Waals surface area (Å²) in [5.74, 6) is 1.60. The molecule has 146 valence electrons. The first kappa shape index (κ1) is 20.2. The fraction of sp³-hybridized carbons (Fsp3) is 0.250. The number of hydrogen-bond acceptors (Lipinski definition) is 5.